The summed E-state index contributed by atoms with van der Waals surface area (Å²) in [5.41, 5.74) is 2.32. The Hall–Kier alpha value is -0.740. The molecule has 1 aromatic carbocycles. The number of imidazole rings is 1. The molecule has 0 amide bonds. The van der Waals surface area contributed by atoms with Crippen LogP contribution in [0.2, 0.25) is 0 Å². The lowest BCUT2D eigenvalue weighted by Crippen LogP contribution is -2.08. The van der Waals surface area contributed by atoms with Gasteiger partial charge in [0.2, 0.25) is 0 Å². The van der Waals surface area contributed by atoms with E-state index in [-0.39, 0.29) is 0 Å². The molecule has 0 bridgehead atoms. The van der Waals surface area contributed by atoms with Crippen LogP contribution in [0.4, 0.5) is 0 Å². The van der Waals surface area contributed by atoms with Gasteiger partial charge in [-0.1, -0.05) is 19.1 Å². The number of H-pyrrole nitrogens is 1. The molecular weight excluding hydrogens is 224 g/mol. The van der Waals surface area contributed by atoms with Gasteiger partial charge in [-0.2, -0.15) is 11.8 Å². The van der Waals surface area contributed by atoms with Gasteiger partial charge >= 0.3 is 0 Å². The van der Waals surface area contributed by atoms with E-state index in [1.807, 2.05) is 23.9 Å². The average Bonchev–Trinajstić information content (AvgIpc) is 2.55. The fraction of sp³-hybridized carbons (Fsp3) is 0.364. The molecule has 0 aliphatic heterocycles. The summed E-state index contributed by atoms with van der Waals surface area (Å²) in [6.45, 7) is 3.18. The van der Waals surface area contributed by atoms with E-state index in [0.29, 0.717) is 5.25 Å². The van der Waals surface area contributed by atoms with E-state index in [1.165, 1.54) is 5.52 Å². The highest BCUT2D eigenvalue weighted by Gasteiger charge is 2.06. The number of rotatable bonds is 3. The third kappa shape index (κ3) is 2.11. The Morgan fingerprint density at radius 3 is 2.93 bits per heavy atom. The smallest absolute Gasteiger partial charge is 0.178 e. The maximum Gasteiger partial charge on any atom is 0.178 e. The van der Waals surface area contributed by atoms with Crippen molar-refractivity contribution >= 4 is 35.0 Å². The van der Waals surface area contributed by atoms with Gasteiger partial charge < -0.3 is 9.55 Å². The number of aromatic nitrogens is 2. The average molecular weight is 238 g/mol. The molecule has 80 valence electrons. The zero-order valence-corrected chi connectivity index (χ0v) is 10.5. The summed E-state index contributed by atoms with van der Waals surface area (Å²) >= 11 is 7.18. The molecule has 4 heteroatoms. The monoisotopic (exact) mass is 238 g/mol. The van der Waals surface area contributed by atoms with Gasteiger partial charge in [-0.3, -0.25) is 0 Å². The van der Waals surface area contributed by atoms with Gasteiger partial charge in [0.05, 0.1) is 11.0 Å². The third-order valence-electron chi connectivity index (χ3n) is 2.52. The molecule has 15 heavy (non-hydrogen) atoms. The number of nitrogens with one attached hydrogen (secondary N) is 1. The topological polar surface area (TPSA) is 20.7 Å². The summed E-state index contributed by atoms with van der Waals surface area (Å²) in [6, 6.07) is 8.24. The van der Waals surface area contributed by atoms with Crippen LogP contribution in [0.5, 0.6) is 0 Å². The Morgan fingerprint density at radius 1 is 1.47 bits per heavy atom. The number of benzene rings is 1. The number of hydrogen-bond donors (Lipinski definition) is 1. The Balaban J connectivity index is 2.50. The van der Waals surface area contributed by atoms with Crippen LogP contribution in [0.15, 0.2) is 24.3 Å². The van der Waals surface area contributed by atoms with Gasteiger partial charge in [0.15, 0.2) is 4.77 Å². The second-order valence-electron chi connectivity index (χ2n) is 3.60. The molecule has 2 rings (SSSR count). The van der Waals surface area contributed by atoms with E-state index in [2.05, 4.69) is 34.9 Å². The van der Waals surface area contributed by atoms with Crippen molar-refractivity contribution in [1.82, 2.24) is 9.55 Å². The lowest BCUT2D eigenvalue weighted by atomic mass is 10.3. The Kier molecular flexibility index (Phi) is 3.17. The van der Waals surface area contributed by atoms with Crippen molar-refractivity contribution in [2.75, 3.05) is 6.26 Å². The largest absolute Gasteiger partial charge is 0.331 e. The Morgan fingerprint density at radius 2 is 2.20 bits per heavy atom. The summed E-state index contributed by atoms with van der Waals surface area (Å²) in [6.07, 6.45) is 2.13. The first-order valence-electron chi connectivity index (χ1n) is 4.92. The third-order valence-corrected chi connectivity index (χ3v) is 3.80. The van der Waals surface area contributed by atoms with E-state index in [9.17, 15) is 0 Å². The van der Waals surface area contributed by atoms with Crippen molar-refractivity contribution in [3.05, 3.63) is 29.0 Å². The van der Waals surface area contributed by atoms with Crippen LogP contribution in [0.25, 0.3) is 11.0 Å². The zero-order valence-electron chi connectivity index (χ0n) is 8.86. The van der Waals surface area contributed by atoms with Crippen molar-refractivity contribution in [3.8, 4) is 0 Å². The minimum Gasteiger partial charge on any atom is -0.331 e. The zero-order chi connectivity index (χ0) is 10.8. The highest BCUT2D eigenvalue weighted by atomic mass is 32.2. The van der Waals surface area contributed by atoms with Crippen molar-refractivity contribution in [1.29, 1.82) is 0 Å². The van der Waals surface area contributed by atoms with Crippen LogP contribution in [0.3, 0.4) is 0 Å². The van der Waals surface area contributed by atoms with Crippen LogP contribution >= 0.6 is 24.0 Å². The van der Waals surface area contributed by atoms with Crippen molar-refractivity contribution in [2.24, 2.45) is 0 Å². The summed E-state index contributed by atoms with van der Waals surface area (Å²) in [5, 5.41) is 0.580. The molecule has 2 nitrogen and oxygen atoms in total. The van der Waals surface area contributed by atoms with Crippen molar-refractivity contribution in [3.63, 3.8) is 0 Å². The lowest BCUT2D eigenvalue weighted by molar-refractivity contribution is 0.702. The normalized spacial score (nSPS) is 13.2. The molecule has 0 radical (unpaired) electrons. The molecule has 0 fully saturated rings. The van der Waals surface area contributed by atoms with Crippen LogP contribution in [-0.4, -0.2) is 21.1 Å². The predicted molar refractivity (Wildman–Crippen MR) is 70.1 cm³/mol. The van der Waals surface area contributed by atoms with Gasteiger partial charge in [-0.15, -0.1) is 0 Å². The maximum absolute atomic E-state index is 5.32. The van der Waals surface area contributed by atoms with Crippen LogP contribution < -0.4 is 0 Å². The first-order chi connectivity index (χ1) is 7.22. The van der Waals surface area contributed by atoms with E-state index in [0.717, 1.165) is 16.8 Å². The molecule has 1 unspecified atom stereocenters. The molecule has 2 aromatic rings. The van der Waals surface area contributed by atoms with Crippen LogP contribution in [0, 0.1) is 4.77 Å². The Bertz CT molecular complexity index is 513. The van der Waals surface area contributed by atoms with Gasteiger partial charge in [-0.05, 0) is 30.6 Å². The van der Waals surface area contributed by atoms with Gasteiger partial charge in [0.1, 0.15) is 0 Å². The molecule has 0 aliphatic rings. The highest BCUT2D eigenvalue weighted by molar-refractivity contribution is 7.99. The molecular formula is C11H14N2S2. The molecule has 1 aromatic heterocycles. The van der Waals surface area contributed by atoms with Crippen LogP contribution in [-0.2, 0) is 6.54 Å². The lowest BCUT2D eigenvalue weighted by Gasteiger charge is -2.09. The standard InChI is InChI=1S/C11H14N2S2/c1-8(15-2)7-13-10-6-4-3-5-9(10)12-11(13)14/h3-6,8H,7H2,1-2H3,(H,12,14). The minimum absolute atomic E-state index is 0.580. The molecule has 0 aliphatic carbocycles. The molecule has 0 saturated heterocycles. The number of thioether (sulfide) groups is 1. The number of fused-ring (bicyclic) bond motifs is 1. The number of nitrogens with zero attached hydrogens (tertiary/aromatic N) is 1. The molecule has 0 saturated carbocycles. The number of hydrogen-bond acceptors (Lipinski definition) is 2. The first-order valence-corrected chi connectivity index (χ1v) is 6.62. The fourth-order valence-electron chi connectivity index (χ4n) is 1.62. The van der Waals surface area contributed by atoms with Crippen molar-refractivity contribution in [2.45, 2.75) is 18.7 Å². The predicted octanol–water partition coefficient (Wildman–Crippen LogP) is 3.45. The molecule has 1 heterocycles. The van der Waals surface area contributed by atoms with E-state index >= 15 is 0 Å². The van der Waals surface area contributed by atoms with E-state index in [1.54, 1.807) is 0 Å². The fourth-order valence-corrected chi connectivity index (χ4v) is 2.20. The number of para-hydroxylation sites is 2. The second kappa shape index (κ2) is 4.41. The van der Waals surface area contributed by atoms with Gasteiger partial charge in [0, 0.05) is 11.8 Å². The number of aromatic amines is 1. The second-order valence-corrected chi connectivity index (χ2v) is 5.27. The van der Waals surface area contributed by atoms with E-state index < -0.39 is 0 Å². The molecule has 1 N–H and O–H groups in total. The highest BCUT2D eigenvalue weighted by Crippen LogP contribution is 2.16. The summed E-state index contributed by atoms with van der Waals surface area (Å²) in [5.74, 6) is 0. The van der Waals surface area contributed by atoms with E-state index in [4.69, 9.17) is 12.2 Å². The molecule has 0 spiro atoms. The summed E-state index contributed by atoms with van der Waals surface area (Å²) in [4.78, 5) is 3.23. The van der Waals surface area contributed by atoms with Crippen LogP contribution in [0.1, 0.15) is 6.92 Å². The van der Waals surface area contributed by atoms with Gasteiger partial charge in [0.25, 0.3) is 0 Å². The van der Waals surface area contributed by atoms with Crippen molar-refractivity contribution < 1.29 is 0 Å². The molecule has 1 atom stereocenters. The van der Waals surface area contributed by atoms with Gasteiger partial charge in [-0.25, -0.2) is 0 Å². The quantitative estimate of drug-likeness (QED) is 0.827. The summed E-state index contributed by atoms with van der Waals surface area (Å²) < 4.78 is 2.99. The minimum atomic E-state index is 0.580. The maximum atomic E-state index is 5.32. The summed E-state index contributed by atoms with van der Waals surface area (Å²) in [7, 11) is 0. The first kappa shape index (κ1) is 10.8. The Labute approximate surface area is 98.7 Å². The SMILES string of the molecule is CSC(C)Cn1c(=S)[nH]c2ccccc21.